The predicted octanol–water partition coefficient (Wildman–Crippen LogP) is 1.97. The van der Waals surface area contributed by atoms with Crippen LogP contribution in [0, 0.1) is 0 Å². The average molecular weight is 264 g/mol. The Kier molecular flexibility index (Phi) is 4.27. The van der Waals surface area contributed by atoms with Crippen molar-refractivity contribution in [3.63, 3.8) is 0 Å². The van der Waals surface area contributed by atoms with Crippen molar-refractivity contribution in [3.8, 4) is 0 Å². The molecule has 1 saturated heterocycles. The number of aromatic carboxylic acids is 1. The van der Waals surface area contributed by atoms with Gasteiger partial charge in [0.2, 0.25) is 0 Å². The van der Waals surface area contributed by atoms with Crippen molar-refractivity contribution >= 4 is 17.3 Å². The molecule has 0 amide bonds. The van der Waals surface area contributed by atoms with Crippen LogP contribution in [0.3, 0.4) is 0 Å². The number of nitrogens with two attached hydrogens (primary N) is 1. The van der Waals surface area contributed by atoms with E-state index in [0.717, 1.165) is 31.7 Å². The molecular weight excluding hydrogens is 244 g/mol. The first-order chi connectivity index (χ1) is 9.08. The third kappa shape index (κ3) is 3.38. The van der Waals surface area contributed by atoms with Crippen molar-refractivity contribution in [1.29, 1.82) is 0 Å². The number of ether oxygens (including phenoxy) is 1. The number of likely N-dealkylation sites (N-methyl/N-ethyl adjacent to an activating group) is 1. The molecule has 0 aliphatic carbocycles. The van der Waals surface area contributed by atoms with Crippen molar-refractivity contribution in [2.24, 2.45) is 0 Å². The molecule has 0 spiro atoms. The molecule has 2 rings (SSSR count). The second kappa shape index (κ2) is 5.93. The van der Waals surface area contributed by atoms with Gasteiger partial charge in [-0.25, -0.2) is 4.79 Å². The molecule has 0 saturated carbocycles. The van der Waals surface area contributed by atoms with Gasteiger partial charge in [-0.15, -0.1) is 0 Å². The number of carboxylic acids is 1. The molecule has 1 unspecified atom stereocenters. The maximum absolute atomic E-state index is 10.9. The number of nitrogen functional groups attached to an aromatic ring is 1. The van der Waals surface area contributed by atoms with Crippen molar-refractivity contribution in [1.82, 2.24) is 0 Å². The summed E-state index contributed by atoms with van der Waals surface area (Å²) in [7, 11) is 1.97. The van der Waals surface area contributed by atoms with Gasteiger partial charge in [0.1, 0.15) is 0 Å². The van der Waals surface area contributed by atoms with Crippen molar-refractivity contribution < 1.29 is 14.6 Å². The fourth-order valence-corrected chi connectivity index (χ4v) is 2.34. The first-order valence-electron chi connectivity index (χ1n) is 6.53. The summed E-state index contributed by atoms with van der Waals surface area (Å²) in [5, 5.41) is 8.94. The Bertz CT molecular complexity index is 456. The number of benzene rings is 1. The molecule has 3 N–H and O–H groups in total. The van der Waals surface area contributed by atoms with Gasteiger partial charge >= 0.3 is 5.97 Å². The van der Waals surface area contributed by atoms with Crippen LogP contribution in [-0.2, 0) is 4.74 Å². The molecule has 0 radical (unpaired) electrons. The van der Waals surface area contributed by atoms with Crippen molar-refractivity contribution in [2.45, 2.75) is 25.4 Å². The standard InChI is InChI=1S/C14H20N2O3/c1-16(9-11-4-2-3-7-19-11)10-5-6-12(14(17)18)13(15)8-10/h5-6,8,11H,2-4,7,9,15H2,1H3,(H,17,18). The molecule has 0 bridgehead atoms. The SMILES string of the molecule is CN(CC1CCCCO1)c1ccc(C(=O)O)c(N)c1. The monoisotopic (exact) mass is 264 g/mol. The largest absolute Gasteiger partial charge is 0.478 e. The van der Waals surface area contributed by atoms with Gasteiger partial charge in [-0.05, 0) is 37.5 Å². The van der Waals surface area contributed by atoms with Crippen LogP contribution < -0.4 is 10.6 Å². The summed E-state index contributed by atoms with van der Waals surface area (Å²) >= 11 is 0. The third-order valence-electron chi connectivity index (χ3n) is 3.46. The van der Waals surface area contributed by atoms with Gasteiger partial charge in [0.25, 0.3) is 0 Å². The maximum atomic E-state index is 10.9. The molecule has 0 aromatic heterocycles. The summed E-state index contributed by atoms with van der Waals surface area (Å²) in [4.78, 5) is 13.0. The minimum absolute atomic E-state index is 0.145. The Morgan fingerprint density at radius 3 is 2.89 bits per heavy atom. The number of anilines is 2. The van der Waals surface area contributed by atoms with E-state index in [1.54, 1.807) is 18.2 Å². The number of hydrogen-bond donors (Lipinski definition) is 2. The van der Waals surface area contributed by atoms with E-state index in [9.17, 15) is 4.79 Å². The smallest absolute Gasteiger partial charge is 0.337 e. The zero-order chi connectivity index (χ0) is 13.8. The lowest BCUT2D eigenvalue weighted by atomic mass is 10.1. The summed E-state index contributed by atoms with van der Waals surface area (Å²) in [5.41, 5.74) is 7.11. The van der Waals surface area contributed by atoms with Crippen LogP contribution in [0.1, 0.15) is 29.6 Å². The summed E-state index contributed by atoms with van der Waals surface area (Å²) in [6.45, 7) is 1.63. The Labute approximate surface area is 113 Å². The summed E-state index contributed by atoms with van der Waals surface area (Å²) < 4.78 is 5.70. The predicted molar refractivity (Wildman–Crippen MR) is 74.7 cm³/mol. The quantitative estimate of drug-likeness (QED) is 0.813. The Morgan fingerprint density at radius 1 is 1.53 bits per heavy atom. The second-order valence-electron chi connectivity index (χ2n) is 4.95. The fraction of sp³-hybridized carbons (Fsp3) is 0.500. The van der Waals surface area contributed by atoms with Gasteiger partial charge in [0.15, 0.2) is 0 Å². The van der Waals surface area contributed by atoms with Crippen LogP contribution in [-0.4, -0.2) is 37.4 Å². The highest BCUT2D eigenvalue weighted by molar-refractivity contribution is 5.94. The van der Waals surface area contributed by atoms with Gasteiger partial charge in [0, 0.05) is 31.6 Å². The van der Waals surface area contributed by atoms with Gasteiger partial charge in [0.05, 0.1) is 11.7 Å². The Morgan fingerprint density at radius 2 is 2.32 bits per heavy atom. The van der Waals surface area contributed by atoms with E-state index in [0.29, 0.717) is 5.69 Å². The molecule has 1 aromatic carbocycles. The van der Waals surface area contributed by atoms with Crippen LogP contribution >= 0.6 is 0 Å². The highest BCUT2D eigenvalue weighted by Gasteiger charge is 2.17. The number of hydrogen-bond acceptors (Lipinski definition) is 4. The van der Waals surface area contributed by atoms with E-state index in [4.69, 9.17) is 15.6 Å². The summed E-state index contributed by atoms with van der Waals surface area (Å²) in [6.07, 6.45) is 3.67. The van der Waals surface area contributed by atoms with E-state index < -0.39 is 5.97 Å². The minimum Gasteiger partial charge on any atom is -0.478 e. The van der Waals surface area contributed by atoms with Crippen LogP contribution in [0.4, 0.5) is 11.4 Å². The number of rotatable bonds is 4. The van der Waals surface area contributed by atoms with Crippen LogP contribution in [0.5, 0.6) is 0 Å². The highest BCUT2D eigenvalue weighted by atomic mass is 16.5. The van der Waals surface area contributed by atoms with Gasteiger partial charge < -0.3 is 20.5 Å². The van der Waals surface area contributed by atoms with Crippen molar-refractivity contribution in [3.05, 3.63) is 23.8 Å². The fourth-order valence-electron chi connectivity index (χ4n) is 2.34. The molecule has 5 heteroatoms. The lowest BCUT2D eigenvalue weighted by molar-refractivity contribution is 0.0216. The molecule has 104 valence electrons. The molecular formula is C14H20N2O3. The first kappa shape index (κ1) is 13.7. The zero-order valence-corrected chi connectivity index (χ0v) is 11.1. The molecule has 1 aliphatic heterocycles. The summed E-state index contributed by atoms with van der Waals surface area (Å²) in [6, 6.07) is 5.03. The lowest BCUT2D eigenvalue weighted by Crippen LogP contribution is -2.33. The normalized spacial score (nSPS) is 19.1. The molecule has 1 aromatic rings. The average Bonchev–Trinajstić information content (AvgIpc) is 2.39. The van der Waals surface area contributed by atoms with E-state index in [-0.39, 0.29) is 11.7 Å². The molecule has 5 nitrogen and oxygen atoms in total. The van der Waals surface area contributed by atoms with Gasteiger partial charge in [-0.1, -0.05) is 0 Å². The van der Waals surface area contributed by atoms with E-state index >= 15 is 0 Å². The molecule has 1 aliphatic rings. The van der Waals surface area contributed by atoms with Crippen molar-refractivity contribution in [2.75, 3.05) is 30.8 Å². The Hall–Kier alpha value is -1.75. The van der Waals surface area contributed by atoms with E-state index in [1.807, 2.05) is 7.05 Å². The topological polar surface area (TPSA) is 75.8 Å². The Balaban J connectivity index is 2.04. The first-order valence-corrected chi connectivity index (χ1v) is 6.53. The van der Waals surface area contributed by atoms with Crippen LogP contribution in [0.25, 0.3) is 0 Å². The van der Waals surface area contributed by atoms with E-state index in [1.165, 1.54) is 6.42 Å². The third-order valence-corrected chi connectivity index (χ3v) is 3.46. The van der Waals surface area contributed by atoms with Gasteiger partial charge in [-0.3, -0.25) is 0 Å². The second-order valence-corrected chi connectivity index (χ2v) is 4.95. The minimum atomic E-state index is -0.998. The van der Waals surface area contributed by atoms with Crippen LogP contribution in [0.2, 0.25) is 0 Å². The molecule has 1 heterocycles. The molecule has 1 atom stereocenters. The highest BCUT2D eigenvalue weighted by Crippen LogP contribution is 2.22. The maximum Gasteiger partial charge on any atom is 0.337 e. The number of carboxylic acid groups (broad SMARTS) is 1. The summed E-state index contributed by atoms with van der Waals surface area (Å²) in [5.74, 6) is -0.998. The molecule has 19 heavy (non-hydrogen) atoms. The molecule has 1 fully saturated rings. The zero-order valence-electron chi connectivity index (χ0n) is 11.1. The number of nitrogens with zero attached hydrogens (tertiary/aromatic N) is 1. The van der Waals surface area contributed by atoms with Crippen LogP contribution in [0.15, 0.2) is 18.2 Å². The lowest BCUT2D eigenvalue weighted by Gasteiger charge is -2.28. The number of carbonyl (C=O) groups is 1. The van der Waals surface area contributed by atoms with Gasteiger partial charge in [-0.2, -0.15) is 0 Å². The van der Waals surface area contributed by atoms with E-state index in [2.05, 4.69) is 4.90 Å².